The summed E-state index contributed by atoms with van der Waals surface area (Å²) < 4.78 is 4.56. The summed E-state index contributed by atoms with van der Waals surface area (Å²) in [7, 11) is 0. The van der Waals surface area contributed by atoms with Crippen LogP contribution in [0.3, 0.4) is 0 Å². The molecular formula is C47H38N4. The molecule has 4 nitrogen and oxygen atoms in total. The van der Waals surface area contributed by atoms with Gasteiger partial charge in [-0.25, -0.2) is 9.97 Å². The molecule has 0 atom stereocenters. The van der Waals surface area contributed by atoms with E-state index in [1.165, 1.54) is 11.3 Å². The van der Waals surface area contributed by atoms with Crippen LogP contribution in [0.15, 0.2) is 153 Å². The fourth-order valence-corrected chi connectivity index (χ4v) is 7.42. The van der Waals surface area contributed by atoms with Gasteiger partial charge in [0.05, 0.1) is 22.3 Å². The minimum absolute atomic E-state index is 0.677. The highest BCUT2D eigenvalue weighted by Crippen LogP contribution is 2.41. The molecule has 246 valence electrons. The third-order valence-corrected chi connectivity index (χ3v) is 9.63. The van der Waals surface area contributed by atoms with Gasteiger partial charge in [0.15, 0.2) is 5.82 Å². The Labute approximate surface area is 299 Å². The van der Waals surface area contributed by atoms with E-state index in [1.54, 1.807) is 0 Å². The number of aromatic nitrogens is 4. The van der Waals surface area contributed by atoms with Gasteiger partial charge in [0.2, 0.25) is 0 Å². The molecule has 8 rings (SSSR count). The van der Waals surface area contributed by atoms with Gasteiger partial charge in [0.1, 0.15) is 5.65 Å². The fraction of sp³-hybridized carbons (Fsp3) is 0.0638. The lowest BCUT2D eigenvalue weighted by Gasteiger charge is -2.13. The van der Waals surface area contributed by atoms with Crippen LogP contribution in [0.4, 0.5) is 0 Å². The molecule has 0 saturated carbocycles. The lowest BCUT2D eigenvalue weighted by Crippen LogP contribution is -2.04. The van der Waals surface area contributed by atoms with E-state index in [2.05, 4.69) is 145 Å². The van der Waals surface area contributed by atoms with Gasteiger partial charge >= 0.3 is 0 Å². The quantitative estimate of drug-likeness (QED) is 0.145. The maximum atomic E-state index is 5.36. The van der Waals surface area contributed by atoms with Crippen molar-refractivity contribution in [1.29, 1.82) is 0 Å². The zero-order valence-corrected chi connectivity index (χ0v) is 28.8. The number of benzene rings is 4. The monoisotopic (exact) mass is 658 g/mol. The van der Waals surface area contributed by atoms with E-state index in [9.17, 15) is 0 Å². The first-order valence-corrected chi connectivity index (χ1v) is 17.4. The minimum Gasteiger partial charge on any atom is -0.309 e. The van der Waals surface area contributed by atoms with Crippen molar-refractivity contribution >= 4 is 45.9 Å². The molecule has 4 aromatic carbocycles. The van der Waals surface area contributed by atoms with E-state index in [0.717, 1.165) is 85.4 Å². The lowest BCUT2D eigenvalue weighted by molar-refractivity contribution is 0.895. The first-order chi connectivity index (χ1) is 25.1. The van der Waals surface area contributed by atoms with Crippen LogP contribution in [0.2, 0.25) is 0 Å². The molecule has 0 aliphatic heterocycles. The number of fused-ring (bicyclic) bond motifs is 4. The normalized spacial score (nSPS) is 12.8. The maximum Gasteiger partial charge on any atom is 0.162 e. The molecule has 3 aromatic heterocycles. The Balaban J connectivity index is 1.43. The third-order valence-electron chi connectivity index (χ3n) is 9.63. The van der Waals surface area contributed by atoms with Gasteiger partial charge in [-0.1, -0.05) is 129 Å². The standard InChI is InChI=1S/C47H38N4/c1-5-18-36(7-3)51-42-27-16-15-26-39(42)44-45(48-46(49-47(44)51)33-22-13-10-14-23-33)35-28-29-43-40(31-35)38(19-6-2)41(8-4)50(43)37-25-17-24-34(30-37)32-20-11-9-12-21-32/h5-15,17-26,28-31H,1,3-4,16,27H2,2H3. The molecule has 0 unspecified atom stereocenters. The van der Waals surface area contributed by atoms with E-state index < -0.39 is 0 Å². The summed E-state index contributed by atoms with van der Waals surface area (Å²) in [6, 6.07) is 36.2. The van der Waals surface area contributed by atoms with Gasteiger partial charge in [0, 0.05) is 44.7 Å². The van der Waals surface area contributed by atoms with E-state index in [1.807, 2.05) is 42.5 Å². The highest BCUT2D eigenvalue weighted by atomic mass is 15.1. The number of rotatable bonds is 9. The van der Waals surface area contributed by atoms with Crippen LogP contribution in [0, 0.1) is 0 Å². The smallest absolute Gasteiger partial charge is 0.162 e. The second-order valence-corrected chi connectivity index (χ2v) is 12.6. The molecule has 4 heteroatoms. The van der Waals surface area contributed by atoms with Gasteiger partial charge < -0.3 is 4.57 Å². The number of allylic oxidation sites excluding steroid dienone is 6. The van der Waals surface area contributed by atoms with Crippen LogP contribution in [-0.4, -0.2) is 19.1 Å². The molecule has 1 aliphatic rings. The third kappa shape index (κ3) is 5.42. The number of hydrogen-bond donors (Lipinski definition) is 0. The van der Waals surface area contributed by atoms with Crippen molar-refractivity contribution in [3.05, 3.63) is 176 Å². The maximum absolute atomic E-state index is 5.36. The molecule has 51 heavy (non-hydrogen) atoms. The molecule has 0 amide bonds. The Bertz CT molecular complexity index is 2570. The van der Waals surface area contributed by atoms with Gasteiger partial charge in [0.25, 0.3) is 0 Å². The van der Waals surface area contributed by atoms with Crippen molar-refractivity contribution in [1.82, 2.24) is 19.1 Å². The molecule has 0 fully saturated rings. The van der Waals surface area contributed by atoms with Gasteiger partial charge in [-0.3, -0.25) is 4.57 Å². The van der Waals surface area contributed by atoms with Crippen molar-refractivity contribution in [3.8, 4) is 39.5 Å². The van der Waals surface area contributed by atoms with Gasteiger partial charge in [-0.05, 0) is 73.4 Å². The topological polar surface area (TPSA) is 35.6 Å². The largest absolute Gasteiger partial charge is 0.309 e. The van der Waals surface area contributed by atoms with Crippen LogP contribution in [0.1, 0.15) is 35.9 Å². The van der Waals surface area contributed by atoms with Crippen LogP contribution in [0.5, 0.6) is 0 Å². The summed E-state index contributed by atoms with van der Waals surface area (Å²) in [6.07, 6.45) is 18.3. The summed E-state index contributed by atoms with van der Waals surface area (Å²) in [5.74, 6) is 0.677. The first kappa shape index (κ1) is 31.7. The Kier molecular flexibility index (Phi) is 8.35. The lowest BCUT2D eigenvalue weighted by atomic mass is 9.98. The van der Waals surface area contributed by atoms with Crippen LogP contribution < -0.4 is 0 Å². The molecule has 0 spiro atoms. The Morgan fingerprint density at radius 3 is 2.27 bits per heavy atom. The minimum atomic E-state index is 0.677. The average molecular weight is 659 g/mol. The molecule has 0 saturated heterocycles. The highest BCUT2D eigenvalue weighted by molar-refractivity contribution is 6.05. The molecular weight excluding hydrogens is 621 g/mol. The van der Waals surface area contributed by atoms with E-state index in [4.69, 9.17) is 9.97 Å². The zero-order valence-electron chi connectivity index (χ0n) is 28.8. The Morgan fingerprint density at radius 1 is 0.784 bits per heavy atom. The van der Waals surface area contributed by atoms with Crippen LogP contribution in [-0.2, 0) is 6.42 Å². The van der Waals surface area contributed by atoms with Crippen molar-refractivity contribution in [2.45, 2.75) is 19.8 Å². The van der Waals surface area contributed by atoms with E-state index in [0.29, 0.717) is 5.82 Å². The van der Waals surface area contributed by atoms with Crippen molar-refractivity contribution < 1.29 is 0 Å². The predicted octanol–water partition coefficient (Wildman–Crippen LogP) is 12.2. The fourth-order valence-electron chi connectivity index (χ4n) is 7.42. The predicted molar refractivity (Wildman–Crippen MR) is 217 cm³/mol. The first-order valence-electron chi connectivity index (χ1n) is 17.4. The number of nitrogens with zero attached hydrogens (tertiary/aromatic N) is 4. The zero-order chi connectivity index (χ0) is 34.9. The molecule has 0 N–H and O–H groups in total. The SMILES string of the molecule is C=CC=C(C=C)n1c2c(c3c(-c4ccc5c(c4)c(C=CC)c(C=C)n5-c4cccc(-c5ccccc5)c4)nc(-c4ccccc4)nc31)C=CCC2. The summed E-state index contributed by atoms with van der Waals surface area (Å²) in [5, 5.41) is 2.16. The van der Waals surface area contributed by atoms with E-state index >= 15 is 0 Å². The van der Waals surface area contributed by atoms with Crippen LogP contribution in [0.25, 0.3) is 85.3 Å². The van der Waals surface area contributed by atoms with Crippen molar-refractivity contribution in [2.24, 2.45) is 0 Å². The summed E-state index contributed by atoms with van der Waals surface area (Å²) in [5.41, 5.74) is 13.7. The van der Waals surface area contributed by atoms with Gasteiger partial charge in [-0.15, -0.1) is 0 Å². The second-order valence-electron chi connectivity index (χ2n) is 12.6. The van der Waals surface area contributed by atoms with Crippen molar-refractivity contribution in [3.63, 3.8) is 0 Å². The van der Waals surface area contributed by atoms with Crippen molar-refractivity contribution in [2.75, 3.05) is 0 Å². The second kappa shape index (κ2) is 13.4. The molecule has 7 aromatic rings. The van der Waals surface area contributed by atoms with Crippen LogP contribution >= 0.6 is 0 Å². The molecule has 0 bridgehead atoms. The molecule has 1 aliphatic carbocycles. The number of hydrogen-bond acceptors (Lipinski definition) is 2. The van der Waals surface area contributed by atoms with E-state index in [-0.39, 0.29) is 0 Å². The average Bonchev–Trinajstić information content (AvgIpc) is 3.69. The summed E-state index contributed by atoms with van der Waals surface area (Å²) >= 11 is 0. The highest BCUT2D eigenvalue weighted by Gasteiger charge is 2.26. The Hall–Kier alpha value is -6.52. The summed E-state index contributed by atoms with van der Waals surface area (Å²) in [6.45, 7) is 14.5. The molecule has 0 radical (unpaired) electrons. The Morgan fingerprint density at radius 2 is 1.55 bits per heavy atom. The van der Waals surface area contributed by atoms with Gasteiger partial charge in [-0.2, -0.15) is 0 Å². The summed E-state index contributed by atoms with van der Waals surface area (Å²) in [4.78, 5) is 10.6. The molecule has 3 heterocycles.